The van der Waals surface area contributed by atoms with E-state index in [9.17, 15) is 8.42 Å². The van der Waals surface area contributed by atoms with Crippen LogP contribution in [0.1, 0.15) is 0 Å². The molecule has 0 saturated carbocycles. The van der Waals surface area contributed by atoms with Crippen molar-refractivity contribution in [3.8, 4) is 11.5 Å². The van der Waals surface area contributed by atoms with Crippen LogP contribution in [0.2, 0.25) is 0 Å². The van der Waals surface area contributed by atoms with Crippen molar-refractivity contribution in [2.75, 3.05) is 24.3 Å². The molecular formula is C18H17N5O5S. The lowest BCUT2D eigenvalue weighted by Crippen LogP contribution is -2.14. The lowest BCUT2D eigenvalue weighted by atomic mass is 10.2. The Hall–Kier alpha value is -3.73. The Labute approximate surface area is 165 Å². The molecule has 0 amide bonds. The number of methoxy groups -OCH3 is 2. The molecule has 0 fully saturated rings. The highest BCUT2D eigenvalue weighted by Crippen LogP contribution is 2.36. The molecular weight excluding hydrogens is 398 g/mol. The minimum atomic E-state index is -3.96. The van der Waals surface area contributed by atoms with Crippen molar-refractivity contribution in [1.29, 1.82) is 0 Å². The van der Waals surface area contributed by atoms with Crippen LogP contribution in [0, 0.1) is 0 Å². The van der Waals surface area contributed by atoms with E-state index < -0.39 is 10.0 Å². The van der Waals surface area contributed by atoms with Gasteiger partial charge >= 0.3 is 0 Å². The zero-order valence-electron chi connectivity index (χ0n) is 15.5. The molecule has 150 valence electrons. The number of aromatic nitrogens is 3. The molecule has 2 aromatic carbocycles. The molecule has 0 spiro atoms. The summed E-state index contributed by atoms with van der Waals surface area (Å²) in [7, 11) is -1.05. The number of aromatic amines is 1. The maximum Gasteiger partial charge on any atom is 0.266 e. The van der Waals surface area contributed by atoms with Gasteiger partial charge in [-0.2, -0.15) is 5.10 Å². The van der Waals surface area contributed by atoms with Gasteiger partial charge in [0.05, 0.1) is 31.5 Å². The number of hydrogen-bond acceptors (Lipinski definition) is 8. The van der Waals surface area contributed by atoms with Gasteiger partial charge in [-0.05, 0) is 18.2 Å². The predicted molar refractivity (Wildman–Crippen MR) is 106 cm³/mol. The minimum absolute atomic E-state index is 0.0110. The van der Waals surface area contributed by atoms with Gasteiger partial charge in [0.2, 0.25) is 0 Å². The van der Waals surface area contributed by atoms with Crippen molar-refractivity contribution in [2.45, 2.75) is 4.90 Å². The van der Waals surface area contributed by atoms with E-state index in [0.717, 1.165) is 0 Å². The average molecular weight is 415 g/mol. The lowest BCUT2D eigenvalue weighted by Gasteiger charge is -2.11. The van der Waals surface area contributed by atoms with Gasteiger partial charge in [0, 0.05) is 12.1 Å². The normalized spacial score (nSPS) is 11.4. The number of rotatable bonds is 7. The Morgan fingerprint density at radius 3 is 2.59 bits per heavy atom. The molecule has 0 atom stereocenters. The van der Waals surface area contributed by atoms with Crippen molar-refractivity contribution in [3.63, 3.8) is 0 Å². The van der Waals surface area contributed by atoms with Crippen LogP contribution in [-0.4, -0.2) is 38.0 Å². The van der Waals surface area contributed by atoms with Crippen LogP contribution < -0.4 is 19.5 Å². The Morgan fingerprint density at radius 2 is 1.86 bits per heavy atom. The highest BCUT2D eigenvalue weighted by Gasteiger charge is 2.23. The lowest BCUT2D eigenvalue weighted by molar-refractivity contribution is 0.403. The molecule has 11 heteroatoms. The standard InChI is InChI=1S/C18H17N5O5S/c1-26-13-5-3-4-6-16(13)29(24,25)23-18-11-9-15(27-2)12(10-14(11)28-22-18)20-17-7-8-19-21-17/h3-10H,1-2H3,(H,22,23)(H2,19,20,21). The third kappa shape index (κ3) is 3.55. The Balaban J connectivity index is 1.72. The average Bonchev–Trinajstić information content (AvgIpc) is 3.37. The van der Waals surface area contributed by atoms with E-state index in [1.165, 1.54) is 20.3 Å². The van der Waals surface area contributed by atoms with Crippen LogP contribution in [0.4, 0.5) is 17.3 Å². The Kier molecular flexibility index (Phi) is 4.72. The van der Waals surface area contributed by atoms with Crippen LogP contribution in [0.15, 0.2) is 58.1 Å². The van der Waals surface area contributed by atoms with Gasteiger partial charge in [0.15, 0.2) is 11.4 Å². The van der Waals surface area contributed by atoms with E-state index in [-0.39, 0.29) is 16.5 Å². The highest BCUT2D eigenvalue weighted by molar-refractivity contribution is 7.92. The van der Waals surface area contributed by atoms with Crippen molar-refractivity contribution in [1.82, 2.24) is 15.4 Å². The van der Waals surface area contributed by atoms with Crippen LogP contribution in [0.3, 0.4) is 0 Å². The summed E-state index contributed by atoms with van der Waals surface area (Å²) in [4.78, 5) is -0.0110. The summed E-state index contributed by atoms with van der Waals surface area (Å²) in [5.41, 5.74) is 0.963. The third-order valence-corrected chi connectivity index (χ3v) is 5.53. The number of anilines is 3. The van der Waals surface area contributed by atoms with Gasteiger partial charge in [-0.3, -0.25) is 9.82 Å². The SMILES string of the molecule is COc1cc2c(NS(=O)(=O)c3ccccc3OC)noc2cc1Nc1ccn[nH]1. The number of hydrogen-bond donors (Lipinski definition) is 3. The van der Waals surface area contributed by atoms with Crippen molar-refractivity contribution in [3.05, 3.63) is 48.7 Å². The van der Waals surface area contributed by atoms with Crippen LogP contribution in [-0.2, 0) is 10.0 Å². The van der Waals surface area contributed by atoms with Gasteiger partial charge in [-0.25, -0.2) is 8.42 Å². The monoisotopic (exact) mass is 415 g/mol. The molecule has 4 rings (SSSR count). The first-order valence-corrected chi connectivity index (χ1v) is 9.90. The van der Waals surface area contributed by atoms with Crippen molar-refractivity contribution >= 4 is 38.3 Å². The quantitative estimate of drug-likeness (QED) is 0.420. The third-order valence-electron chi connectivity index (χ3n) is 4.15. The fourth-order valence-electron chi connectivity index (χ4n) is 2.80. The zero-order chi connectivity index (χ0) is 20.4. The maximum atomic E-state index is 12.8. The molecule has 2 heterocycles. The molecule has 29 heavy (non-hydrogen) atoms. The summed E-state index contributed by atoms with van der Waals surface area (Å²) in [5, 5.41) is 14.1. The molecule has 0 radical (unpaired) electrons. The van der Waals surface area contributed by atoms with Gasteiger partial charge in [-0.15, -0.1) is 0 Å². The number of H-pyrrole nitrogens is 1. The van der Waals surface area contributed by atoms with Crippen molar-refractivity contribution in [2.24, 2.45) is 0 Å². The fraction of sp³-hybridized carbons (Fsp3) is 0.111. The summed E-state index contributed by atoms with van der Waals surface area (Å²) in [6.07, 6.45) is 1.60. The van der Waals surface area contributed by atoms with Gasteiger partial charge < -0.3 is 19.3 Å². The van der Waals surface area contributed by atoms with Crippen LogP contribution in [0.25, 0.3) is 11.0 Å². The topological polar surface area (TPSA) is 131 Å². The van der Waals surface area contributed by atoms with Gasteiger partial charge in [-0.1, -0.05) is 17.3 Å². The summed E-state index contributed by atoms with van der Waals surface area (Å²) in [6.45, 7) is 0. The second kappa shape index (κ2) is 7.36. The minimum Gasteiger partial charge on any atom is -0.495 e. The number of nitrogens with one attached hydrogen (secondary N) is 3. The molecule has 4 aromatic rings. The first-order chi connectivity index (χ1) is 14.0. The Morgan fingerprint density at radius 1 is 1.07 bits per heavy atom. The second-order valence-electron chi connectivity index (χ2n) is 5.93. The molecule has 0 saturated heterocycles. The summed E-state index contributed by atoms with van der Waals surface area (Å²) < 4.78 is 44.0. The van der Waals surface area contributed by atoms with Crippen molar-refractivity contribution < 1.29 is 22.4 Å². The molecule has 0 unspecified atom stereocenters. The number of nitrogens with zero attached hydrogens (tertiary/aromatic N) is 2. The zero-order valence-corrected chi connectivity index (χ0v) is 16.3. The van der Waals surface area contributed by atoms with E-state index in [1.807, 2.05) is 0 Å². The smallest absolute Gasteiger partial charge is 0.266 e. The molecule has 2 aromatic heterocycles. The van der Waals surface area contributed by atoms with Crippen LogP contribution in [0.5, 0.6) is 11.5 Å². The van der Waals surface area contributed by atoms with E-state index in [0.29, 0.717) is 28.2 Å². The number of fused-ring (bicyclic) bond motifs is 1. The number of sulfonamides is 1. The van der Waals surface area contributed by atoms with Gasteiger partial charge in [0.25, 0.3) is 10.0 Å². The summed E-state index contributed by atoms with van der Waals surface area (Å²) in [5.74, 6) is 1.38. The van der Waals surface area contributed by atoms with Crippen LogP contribution >= 0.6 is 0 Å². The molecule has 0 bridgehead atoms. The molecule has 10 nitrogen and oxygen atoms in total. The maximum absolute atomic E-state index is 12.8. The number of benzene rings is 2. The molecule has 3 N–H and O–H groups in total. The molecule has 0 aliphatic rings. The first kappa shape index (κ1) is 18.6. The number of ether oxygens (including phenoxy) is 2. The predicted octanol–water partition coefficient (Wildman–Crippen LogP) is 3.11. The fourth-order valence-corrected chi connectivity index (χ4v) is 3.98. The number of para-hydroxylation sites is 1. The largest absolute Gasteiger partial charge is 0.495 e. The van der Waals surface area contributed by atoms with Gasteiger partial charge in [0.1, 0.15) is 22.2 Å². The molecule has 0 aliphatic heterocycles. The second-order valence-corrected chi connectivity index (χ2v) is 7.58. The van der Waals surface area contributed by atoms with E-state index >= 15 is 0 Å². The first-order valence-electron chi connectivity index (χ1n) is 8.41. The Bertz CT molecular complexity index is 1250. The highest BCUT2D eigenvalue weighted by atomic mass is 32.2. The van der Waals surface area contributed by atoms with E-state index in [2.05, 4.69) is 25.4 Å². The summed E-state index contributed by atoms with van der Waals surface area (Å²) >= 11 is 0. The van der Waals surface area contributed by atoms with E-state index in [1.54, 1.807) is 42.6 Å². The molecule has 0 aliphatic carbocycles. The van der Waals surface area contributed by atoms with E-state index in [4.69, 9.17) is 14.0 Å². The summed E-state index contributed by atoms with van der Waals surface area (Å²) in [6, 6.07) is 11.3.